The summed E-state index contributed by atoms with van der Waals surface area (Å²) in [5.41, 5.74) is -0.946. The van der Waals surface area contributed by atoms with E-state index in [0.29, 0.717) is 11.4 Å². The van der Waals surface area contributed by atoms with Crippen LogP contribution in [0.2, 0.25) is 5.02 Å². The van der Waals surface area contributed by atoms with Crippen LogP contribution in [0.5, 0.6) is 0 Å². The first-order valence-corrected chi connectivity index (χ1v) is 10.2. The van der Waals surface area contributed by atoms with Gasteiger partial charge in [-0.2, -0.15) is 17.5 Å². The summed E-state index contributed by atoms with van der Waals surface area (Å²) in [4.78, 5) is 12.6. The summed E-state index contributed by atoms with van der Waals surface area (Å²) in [6.45, 7) is 0.144. The van der Waals surface area contributed by atoms with E-state index >= 15 is 0 Å². The Kier molecular flexibility index (Phi) is 5.69. The number of nitrogens with one attached hydrogen (secondary N) is 1. The number of carbonyl (C=O) groups is 1. The number of benzene rings is 2. The highest BCUT2D eigenvalue weighted by Crippen LogP contribution is 2.31. The topological polar surface area (TPSA) is 66.5 Å². The van der Waals surface area contributed by atoms with Crippen molar-refractivity contribution in [2.75, 3.05) is 11.9 Å². The summed E-state index contributed by atoms with van der Waals surface area (Å²) >= 11 is 5.78. The first-order valence-electron chi connectivity index (χ1n) is 8.34. The molecule has 0 unspecified atom stereocenters. The highest BCUT2D eigenvalue weighted by molar-refractivity contribution is 7.89. The van der Waals surface area contributed by atoms with Crippen molar-refractivity contribution in [3.63, 3.8) is 0 Å². The van der Waals surface area contributed by atoms with Crippen LogP contribution in [0.25, 0.3) is 0 Å². The van der Waals surface area contributed by atoms with Gasteiger partial charge in [-0.15, -0.1) is 0 Å². The van der Waals surface area contributed by atoms with Crippen LogP contribution < -0.4 is 5.32 Å². The molecule has 2 aromatic rings. The van der Waals surface area contributed by atoms with E-state index < -0.39 is 33.7 Å². The maximum atomic E-state index is 12.9. The predicted molar refractivity (Wildman–Crippen MR) is 98.4 cm³/mol. The molecule has 1 heterocycles. The van der Waals surface area contributed by atoms with E-state index in [0.717, 1.165) is 16.4 Å². The predicted octanol–water partition coefficient (Wildman–Crippen LogP) is 4.15. The molecule has 1 aliphatic rings. The zero-order valence-electron chi connectivity index (χ0n) is 14.4. The first kappa shape index (κ1) is 20.6. The fourth-order valence-corrected chi connectivity index (χ4v) is 4.81. The van der Waals surface area contributed by atoms with E-state index in [4.69, 9.17) is 11.6 Å². The lowest BCUT2D eigenvalue weighted by molar-refractivity contribution is -0.137. The lowest BCUT2D eigenvalue weighted by atomic mass is 10.1. The number of carbonyl (C=O) groups excluding carboxylic acids is 1. The average Bonchev–Trinajstić information content (AvgIpc) is 3.12. The van der Waals surface area contributed by atoms with Crippen molar-refractivity contribution in [1.29, 1.82) is 0 Å². The van der Waals surface area contributed by atoms with E-state index in [1.54, 1.807) is 0 Å². The SMILES string of the molecule is O=C(Nc1cccc(C(F)(F)F)c1)[C@@H]1CCCN1S(=O)(=O)c1ccc(Cl)cc1. The van der Waals surface area contributed by atoms with Crippen molar-refractivity contribution in [2.45, 2.75) is 30.0 Å². The molecule has 0 saturated carbocycles. The molecule has 3 rings (SSSR count). The molecule has 5 nitrogen and oxygen atoms in total. The third kappa shape index (κ3) is 4.31. The molecule has 150 valence electrons. The van der Waals surface area contributed by atoms with Gasteiger partial charge >= 0.3 is 6.18 Å². The van der Waals surface area contributed by atoms with Gasteiger partial charge in [0.05, 0.1) is 10.5 Å². The summed E-state index contributed by atoms with van der Waals surface area (Å²) in [6.07, 6.45) is -3.80. The number of amides is 1. The Hall–Kier alpha value is -2.10. The standard InChI is InChI=1S/C18H16ClF3N2O3S/c19-13-6-8-15(9-7-13)28(26,27)24-10-2-5-16(24)17(25)23-14-4-1-3-12(11-14)18(20,21)22/h1,3-4,6-9,11,16H,2,5,10H2,(H,23,25)/t16-/m0/s1. The lowest BCUT2D eigenvalue weighted by Gasteiger charge is -2.23. The number of halogens is 4. The molecular formula is C18H16ClF3N2O3S. The second-order valence-electron chi connectivity index (χ2n) is 6.30. The molecule has 28 heavy (non-hydrogen) atoms. The van der Waals surface area contributed by atoms with E-state index in [1.165, 1.54) is 36.4 Å². The molecule has 1 fully saturated rings. The summed E-state index contributed by atoms with van der Waals surface area (Å²) in [5.74, 6) is -0.672. The van der Waals surface area contributed by atoms with Gasteiger partial charge in [0.25, 0.3) is 0 Å². The Labute approximate surface area is 165 Å². The Bertz CT molecular complexity index is 978. The van der Waals surface area contributed by atoms with Gasteiger partial charge in [-0.1, -0.05) is 17.7 Å². The molecule has 1 N–H and O–H groups in total. The Morgan fingerprint density at radius 3 is 2.46 bits per heavy atom. The summed E-state index contributed by atoms with van der Waals surface area (Å²) in [7, 11) is -3.94. The zero-order chi connectivity index (χ0) is 20.5. The van der Waals surface area contributed by atoms with E-state index in [2.05, 4.69) is 5.32 Å². The van der Waals surface area contributed by atoms with Gasteiger partial charge in [0.2, 0.25) is 15.9 Å². The van der Waals surface area contributed by atoms with Crippen LogP contribution in [0.15, 0.2) is 53.4 Å². The number of rotatable bonds is 4. The Morgan fingerprint density at radius 2 is 1.82 bits per heavy atom. The highest BCUT2D eigenvalue weighted by atomic mass is 35.5. The third-order valence-corrected chi connectivity index (χ3v) is 6.56. The second-order valence-corrected chi connectivity index (χ2v) is 8.62. The molecule has 0 aliphatic carbocycles. The van der Waals surface area contributed by atoms with Crippen LogP contribution in [0, 0.1) is 0 Å². The van der Waals surface area contributed by atoms with E-state index in [-0.39, 0.29) is 23.5 Å². The molecule has 1 saturated heterocycles. The van der Waals surface area contributed by atoms with Crippen LogP contribution in [-0.4, -0.2) is 31.2 Å². The molecule has 0 radical (unpaired) electrons. The number of nitrogens with zero attached hydrogens (tertiary/aromatic N) is 1. The molecular weight excluding hydrogens is 417 g/mol. The molecule has 1 amide bonds. The molecule has 0 spiro atoms. The van der Waals surface area contributed by atoms with Gasteiger partial charge < -0.3 is 5.32 Å². The van der Waals surface area contributed by atoms with E-state index in [1.807, 2.05) is 0 Å². The number of anilines is 1. The van der Waals surface area contributed by atoms with Crippen molar-refractivity contribution in [3.8, 4) is 0 Å². The molecule has 1 atom stereocenters. The number of alkyl halides is 3. The normalized spacial score (nSPS) is 18.2. The minimum Gasteiger partial charge on any atom is -0.325 e. The van der Waals surface area contributed by atoms with Crippen molar-refractivity contribution in [3.05, 3.63) is 59.1 Å². The minimum atomic E-state index is -4.54. The van der Waals surface area contributed by atoms with Gasteiger partial charge in [0.15, 0.2) is 0 Å². The smallest absolute Gasteiger partial charge is 0.325 e. The minimum absolute atomic E-state index is 0.00401. The van der Waals surface area contributed by atoms with Gasteiger partial charge in [0, 0.05) is 17.3 Å². The maximum Gasteiger partial charge on any atom is 0.416 e. The average molecular weight is 433 g/mol. The summed E-state index contributed by atoms with van der Waals surface area (Å²) in [6, 6.07) is 8.75. The van der Waals surface area contributed by atoms with Crippen molar-refractivity contribution < 1.29 is 26.4 Å². The van der Waals surface area contributed by atoms with Gasteiger partial charge in [-0.05, 0) is 55.3 Å². The molecule has 0 bridgehead atoms. The molecule has 10 heteroatoms. The molecule has 1 aliphatic heterocycles. The summed E-state index contributed by atoms with van der Waals surface area (Å²) in [5, 5.41) is 2.77. The second kappa shape index (κ2) is 7.73. The Morgan fingerprint density at radius 1 is 1.14 bits per heavy atom. The third-order valence-electron chi connectivity index (χ3n) is 4.38. The van der Waals surface area contributed by atoms with Crippen LogP contribution >= 0.6 is 11.6 Å². The number of sulfonamides is 1. The van der Waals surface area contributed by atoms with E-state index in [9.17, 15) is 26.4 Å². The Balaban J connectivity index is 1.81. The quantitative estimate of drug-likeness (QED) is 0.789. The number of hydrogen-bond donors (Lipinski definition) is 1. The lowest BCUT2D eigenvalue weighted by Crippen LogP contribution is -2.43. The van der Waals surface area contributed by atoms with Gasteiger partial charge in [0.1, 0.15) is 6.04 Å². The monoisotopic (exact) mass is 432 g/mol. The highest BCUT2D eigenvalue weighted by Gasteiger charge is 2.39. The van der Waals surface area contributed by atoms with Crippen molar-refractivity contribution in [2.24, 2.45) is 0 Å². The largest absolute Gasteiger partial charge is 0.416 e. The summed E-state index contributed by atoms with van der Waals surface area (Å²) < 4.78 is 65.3. The fraction of sp³-hybridized carbons (Fsp3) is 0.278. The first-order chi connectivity index (χ1) is 13.1. The van der Waals surface area contributed by atoms with Crippen LogP contribution in [0.4, 0.5) is 18.9 Å². The van der Waals surface area contributed by atoms with Gasteiger partial charge in [-0.25, -0.2) is 8.42 Å². The maximum absolute atomic E-state index is 12.9. The van der Waals surface area contributed by atoms with Crippen molar-refractivity contribution in [1.82, 2.24) is 4.31 Å². The van der Waals surface area contributed by atoms with Crippen molar-refractivity contribution >= 4 is 33.2 Å². The van der Waals surface area contributed by atoms with Crippen LogP contribution in [-0.2, 0) is 21.0 Å². The fourth-order valence-electron chi connectivity index (χ4n) is 3.03. The van der Waals surface area contributed by atoms with Crippen LogP contribution in [0.1, 0.15) is 18.4 Å². The zero-order valence-corrected chi connectivity index (χ0v) is 16.0. The number of hydrogen-bond acceptors (Lipinski definition) is 3. The molecule has 0 aromatic heterocycles. The molecule has 2 aromatic carbocycles. The van der Waals surface area contributed by atoms with Gasteiger partial charge in [-0.3, -0.25) is 4.79 Å². The van der Waals surface area contributed by atoms with Crippen LogP contribution in [0.3, 0.4) is 0 Å².